The number of carbonyl (C=O) groups is 1. The molecular formula is C25H34O3Si. The monoisotopic (exact) mass is 410 g/mol. The van der Waals surface area contributed by atoms with Crippen molar-refractivity contribution in [3.63, 3.8) is 0 Å². The fraction of sp³-hybridized carbons (Fsp3) is 0.400. The van der Waals surface area contributed by atoms with Crippen LogP contribution < -0.4 is 10.4 Å². The summed E-state index contributed by atoms with van der Waals surface area (Å²) < 4.78 is 11.5. The average Bonchev–Trinajstić information content (AvgIpc) is 2.73. The van der Waals surface area contributed by atoms with Crippen LogP contribution >= 0.6 is 0 Å². The van der Waals surface area contributed by atoms with Gasteiger partial charge in [-0.05, 0) is 34.7 Å². The van der Waals surface area contributed by atoms with Crippen molar-refractivity contribution in [2.75, 3.05) is 13.7 Å². The van der Waals surface area contributed by atoms with Gasteiger partial charge in [0.1, 0.15) is 0 Å². The van der Waals surface area contributed by atoms with Crippen LogP contribution in [0.5, 0.6) is 0 Å². The lowest BCUT2D eigenvalue weighted by Crippen LogP contribution is -2.66. The summed E-state index contributed by atoms with van der Waals surface area (Å²) in [5, 5.41) is 2.65. The van der Waals surface area contributed by atoms with Crippen molar-refractivity contribution in [2.45, 2.75) is 51.5 Å². The molecule has 0 amide bonds. The second kappa shape index (κ2) is 11.1. The lowest BCUT2D eigenvalue weighted by molar-refractivity contribution is -0.134. The lowest BCUT2D eigenvalue weighted by Gasteiger charge is -2.43. The second-order valence-corrected chi connectivity index (χ2v) is 12.6. The molecule has 0 heterocycles. The molecule has 156 valence electrons. The van der Waals surface area contributed by atoms with Gasteiger partial charge in [-0.1, -0.05) is 93.9 Å². The van der Waals surface area contributed by atoms with Gasteiger partial charge in [-0.2, -0.15) is 0 Å². The van der Waals surface area contributed by atoms with Crippen LogP contribution in [-0.2, 0) is 14.0 Å². The Morgan fingerprint density at radius 2 is 1.45 bits per heavy atom. The molecule has 0 unspecified atom stereocenters. The van der Waals surface area contributed by atoms with Crippen LogP contribution in [0.3, 0.4) is 0 Å². The van der Waals surface area contributed by atoms with Gasteiger partial charge in [-0.3, -0.25) is 0 Å². The van der Waals surface area contributed by atoms with Crippen molar-refractivity contribution in [2.24, 2.45) is 0 Å². The molecule has 0 spiro atoms. The number of hydrogen-bond acceptors (Lipinski definition) is 3. The fourth-order valence-electron chi connectivity index (χ4n) is 3.78. The molecule has 0 radical (unpaired) electrons. The van der Waals surface area contributed by atoms with E-state index in [1.165, 1.54) is 23.6 Å². The Morgan fingerprint density at radius 3 is 1.93 bits per heavy atom. The summed E-state index contributed by atoms with van der Waals surface area (Å²) >= 11 is 0. The molecule has 0 bridgehead atoms. The molecule has 2 rings (SSSR count). The zero-order valence-corrected chi connectivity index (χ0v) is 19.2. The van der Waals surface area contributed by atoms with Gasteiger partial charge in [0, 0.05) is 12.7 Å². The maximum absolute atomic E-state index is 11.1. The average molecular weight is 411 g/mol. The molecule has 0 atom stereocenters. The van der Waals surface area contributed by atoms with E-state index in [-0.39, 0.29) is 11.0 Å². The Bertz CT molecular complexity index is 724. The summed E-state index contributed by atoms with van der Waals surface area (Å²) in [5.74, 6) is -0.292. The molecule has 0 aromatic heterocycles. The Kier molecular flexibility index (Phi) is 8.87. The molecule has 0 saturated heterocycles. The Hall–Kier alpha value is -2.17. The van der Waals surface area contributed by atoms with Crippen LogP contribution in [0.4, 0.5) is 0 Å². The molecule has 2 aromatic rings. The highest BCUT2D eigenvalue weighted by molar-refractivity contribution is 6.99. The molecule has 3 nitrogen and oxygen atoms in total. The van der Waals surface area contributed by atoms with Crippen molar-refractivity contribution in [1.82, 2.24) is 0 Å². The van der Waals surface area contributed by atoms with Crippen LogP contribution in [-0.4, -0.2) is 28.0 Å². The van der Waals surface area contributed by atoms with Gasteiger partial charge < -0.3 is 9.16 Å². The van der Waals surface area contributed by atoms with Crippen LogP contribution in [0.15, 0.2) is 72.8 Å². The Balaban J connectivity index is 2.09. The predicted octanol–water partition coefficient (Wildman–Crippen LogP) is 4.85. The van der Waals surface area contributed by atoms with Crippen LogP contribution in [0.25, 0.3) is 0 Å². The van der Waals surface area contributed by atoms with Gasteiger partial charge in [0.2, 0.25) is 0 Å². The molecule has 0 fully saturated rings. The molecule has 2 aromatic carbocycles. The number of methoxy groups -OCH3 is 1. The highest BCUT2D eigenvalue weighted by Gasteiger charge is 2.49. The normalized spacial score (nSPS) is 12.3. The summed E-state index contributed by atoms with van der Waals surface area (Å²) in [6, 6.07) is 21.5. The molecule has 0 saturated carbocycles. The molecule has 0 aliphatic rings. The number of ether oxygens (including phenoxy) is 1. The summed E-state index contributed by atoms with van der Waals surface area (Å²) in [7, 11) is -1.02. The smallest absolute Gasteiger partial charge is 0.330 e. The van der Waals surface area contributed by atoms with Gasteiger partial charge in [0.05, 0.1) is 7.11 Å². The zero-order valence-electron chi connectivity index (χ0n) is 18.2. The van der Waals surface area contributed by atoms with Gasteiger partial charge in [0.15, 0.2) is 0 Å². The van der Waals surface area contributed by atoms with E-state index in [1.807, 2.05) is 6.08 Å². The predicted molar refractivity (Wildman–Crippen MR) is 123 cm³/mol. The van der Waals surface area contributed by atoms with E-state index < -0.39 is 8.32 Å². The van der Waals surface area contributed by atoms with E-state index >= 15 is 0 Å². The minimum atomic E-state index is -2.42. The summed E-state index contributed by atoms with van der Waals surface area (Å²) in [6.45, 7) is 7.65. The van der Waals surface area contributed by atoms with E-state index in [4.69, 9.17) is 4.43 Å². The minimum absolute atomic E-state index is 0.0129. The number of rotatable bonds is 10. The number of carbonyl (C=O) groups excluding carboxylic acids is 1. The van der Waals surface area contributed by atoms with E-state index in [9.17, 15) is 4.79 Å². The fourth-order valence-corrected chi connectivity index (χ4v) is 8.38. The van der Waals surface area contributed by atoms with E-state index in [0.29, 0.717) is 0 Å². The number of hydrogen-bond donors (Lipinski definition) is 0. The molecule has 0 N–H and O–H groups in total. The maximum atomic E-state index is 11.1. The van der Waals surface area contributed by atoms with Crippen LogP contribution in [0.1, 0.15) is 46.5 Å². The highest BCUT2D eigenvalue weighted by atomic mass is 28.4. The van der Waals surface area contributed by atoms with Gasteiger partial charge in [-0.25, -0.2) is 4.79 Å². The topological polar surface area (TPSA) is 35.5 Å². The summed E-state index contributed by atoms with van der Waals surface area (Å²) in [5.41, 5.74) is 0. The largest absolute Gasteiger partial charge is 0.466 e. The van der Waals surface area contributed by atoms with E-state index in [1.54, 1.807) is 0 Å². The third-order valence-electron chi connectivity index (χ3n) is 5.21. The van der Waals surface area contributed by atoms with Crippen molar-refractivity contribution in [3.05, 3.63) is 72.8 Å². The quantitative estimate of drug-likeness (QED) is 0.243. The second-order valence-electron chi connectivity index (χ2n) is 8.29. The van der Waals surface area contributed by atoms with Crippen molar-refractivity contribution in [3.8, 4) is 0 Å². The van der Waals surface area contributed by atoms with Gasteiger partial charge >= 0.3 is 5.97 Å². The zero-order chi connectivity index (χ0) is 21.2. The van der Waals surface area contributed by atoms with Gasteiger partial charge in [0.25, 0.3) is 8.32 Å². The highest BCUT2D eigenvalue weighted by Crippen LogP contribution is 2.36. The molecule has 29 heavy (non-hydrogen) atoms. The first-order valence-electron chi connectivity index (χ1n) is 10.4. The van der Waals surface area contributed by atoms with Crippen LogP contribution in [0, 0.1) is 0 Å². The molecule has 4 heteroatoms. The number of allylic oxidation sites excluding steroid dienone is 1. The number of unbranched alkanes of at least 4 members (excludes halogenated alkanes) is 3. The standard InChI is InChI=1S/C25H34O3Si/c1-25(2,3)29(22-16-10-8-11-17-22,23-18-12-9-13-19-23)28-21-15-7-5-6-14-20-24(26)27-4/h8-14,16-20H,5-7,15,21H2,1-4H3/b20-14+. The first kappa shape index (κ1) is 23.1. The molecule has 0 aliphatic carbocycles. The third kappa shape index (κ3) is 6.15. The van der Waals surface area contributed by atoms with Gasteiger partial charge in [-0.15, -0.1) is 0 Å². The van der Waals surface area contributed by atoms with Crippen LogP contribution in [0.2, 0.25) is 5.04 Å². The van der Waals surface area contributed by atoms with E-state index in [2.05, 4.69) is 86.2 Å². The summed E-state index contributed by atoms with van der Waals surface area (Å²) in [4.78, 5) is 11.1. The SMILES string of the molecule is COC(=O)/C=C/CCCCCO[Si](c1ccccc1)(c1ccccc1)C(C)(C)C. The Morgan fingerprint density at radius 1 is 0.897 bits per heavy atom. The summed E-state index contributed by atoms with van der Waals surface area (Å²) in [6.07, 6.45) is 7.39. The molecular weight excluding hydrogens is 376 g/mol. The first-order chi connectivity index (χ1) is 13.9. The Labute approximate surface area is 176 Å². The number of esters is 1. The number of benzene rings is 2. The third-order valence-corrected chi connectivity index (χ3v) is 10.2. The molecule has 0 aliphatic heterocycles. The lowest BCUT2D eigenvalue weighted by atomic mass is 10.2. The van der Waals surface area contributed by atoms with Crippen molar-refractivity contribution >= 4 is 24.7 Å². The van der Waals surface area contributed by atoms with Crippen molar-refractivity contribution < 1.29 is 14.0 Å². The minimum Gasteiger partial charge on any atom is -0.466 e. The van der Waals surface area contributed by atoms with E-state index in [0.717, 1.165) is 32.3 Å². The maximum Gasteiger partial charge on any atom is 0.330 e. The first-order valence-corrected chi connectivity index (χ1v) is 12.3. The van der Waals surface area contributed by atoms with Crippen molar-refractivity contribution in [1.29, 1.82) is 0 Å².